The first kappa shape index (κ1) is 18.7. The Bertz CT molecular complexity index is 664. The summed E-state index contributed by atoms with van der Waals surface area (Å²) in [4.78, 5) is 26.2. The van der Waals surface area contributed by atoms with Crippen molar-refractivity contribution in [1.29, 1.82) is 0 Å². The molecule has 144 valence electrons. The molecule has 1 saturated heterocycles. The number of nitrogens with one attached hydrogen (secondary N) is 1. The molecule has 8 nitrogen and oxygen atoms in total. The van der Waals surface area contributed by atoms with Crippen molar-refractivity contribution in [2.45, 2.75) is 71.6 Å². The van der Waals surface area contributed by atoms with Gasteiger partial charge in [-0.25, -0.2) is 4.79 Å². The Morgan fingerprint density at radius 3 is 2.77 bits per heavy atom. The Balaban J connectivity index is 1.50. The van der Waals surface area contributed by atoms with Crippen molar-refractivity contribution in [3.8, 4) is 0 Å². The second-order valence-electron chi connectivity index (χ2n) is 8.12. The van der Waals surface area contributed by atoms with E-state index in [9.17, 15) is 9.59 Å². The van der Waals surface area contributed by atoms with E-state index in [1.807, 2.05) is 20.8 Å². The Morgan fingerprint density at radius 2 is 2.00 bits per heavy atom. The minimum Gasteiger partial charge on any atom is -0.444 e. The highest BCUT2D eigenvalue weighted by molar-refractivity contribution is 5.80. The Labute approximate surface area is 154 Å². The van der Waals surface area contributed by atoms with Crippen molar-refractivity contribution in [3.63, 3.8) is 0 Å². The minimum atomic E-state index is -0.525. The number of likely N-dealkylation sites (tertiary alicyclic amines) is 1. The van der Waals surface area contributed by atoms with Gasteiger partial charge >= 0.3 is 6.09 Å². The molecule has 1 fully saturated rings. The molecule has 1 N–H and O–H groups in total. The molecular weight excluding hydrogens is 334 g/mol. The van der Waals surface area contributed by atoms with E-state index in [-0.39, 0.29) is 17.9 Å². The number of hydrogen-bond donors (Lipinski definition) is 1. The third-order valence-electron chi connectivity index (χ3n) is 4.82. The maximum atomic E-state index is 12.5. The van der Waals surface area contributed by atoms with Crippen molar-refractivity contribution in [3.05, 3.63) is 11.6 Å². The molecule has 3 rings (SSSR count). The Kier molecular flexibility index (Phi) is 5.48. The van der Waals surface area contributed by atoms with E-state index in [0.29, 0.717) is 26.1 Å². The number of amides is 2. The number of rotatable bonds is 3. The molecule has 2 aliphatic rings. The summed E-state index contributed by atoms with van der Waals surface area (Å²) in [6.45, 7) is 7.77. The number of aromatic nitrogens is 3. The van der Waals surface area contributed by atoms with Crippen LogP contribution in [0.15, 0.2) is 0 Å². The van der Waals surface area contributed by atoms with Crippen LogP contribution in [0.1, 0.15) is 58.1 Å². The third kappa shape index (κ3) is 4.53. The average Bonchev–Trinajstić information content (AvgIpc) is 3.13. The van der Waals surface area contributed by atoms with Crippen molar-refractivity contribution in [2.75, 3.05) is 13.1 Å². The molecular formula is C18H29N5O3. The number of hydrogen-bond acceptors (Lipinski definition) is 5. The summed E-state index contributed by atoms with van der Waals surface area (Å²) in [5.74, 6) is 1.59. The zero-order valence-corrected chi connectivity index (χ0v) is 16.0. The number of fused-ring (bicyclic) bond motifs is 1. The first-order chi connectivity index (χ1) is 12.3. The molecule has 0 radical (unpaired) electrons. The van der Waals surface area contributed by atoms with Gasteiger partial charge in [0.05, 0.1) is 12.5 Å². The molecule has 2 aliphatic heterocycles. The second-order valence-corrected chi connectivity index (χ2v) is 8.12. The van der Waals surface area contributed by atoms with Crippen LogP contribution in [-0.4, -0.2) is 50.4 Å². The van der Waals surface area contributed by atoms with Gasteiger partial charge in [-0.3, -0.25) is 4.79 Å². The summed E-state index contributed by atoms with van der Waals surface area (Å²) < 4.78 is 7.51. The van der Waals surface area contributed by atoms with Crippen LogP contribution in [0.25, 0.3) is 0 Å². The van der Waals surface area contributed by atoms with Gasteiger partial charge in [-0.2, -0.15) is 0 Å². The molecule has 0 aliphatic carbocycles. The number of aryl methyl sites for hydroxylation is 1. The Morgan fingerprint density at radius 1 is 1.19 bits per heavy atom. The van der Waals surface area contributed by atoms with Gasteiger partial charge in [0.1, 0.15) is 11.4 Å². The van der Waals surface area contributed by atoms with Crippen LogP contribution in [-0.2, 0) is 29.0 Å². The van der Waals surface area contributed by atoms with Gasteiger partial charge in [0.25, 0.3) is 0 Å². The van der Waals surface area contributed by atoms with Crippen LogP contribution >= 0.6 is 0 Å². The molecule has 8 heteroatoms. The Hall–Kier alpha value is -2.12. The quantitative estimate of drug-likeness (QED) is 0.886. The molecule has 0 unspecified atom stereocenters. The SMILES string of the molecule is CC(C)(C)OC(=O)N1CC[C@@H](C(=O)NCc2nnc3n2CCCCC3)C1. The summed E-state index contributed by atoms with van der Waals surface area (Å²) >= 11 is 0. The van der Waals surface area contributed by atoms with E-state index in [0.717, 1.165) is 37.5 Å². The largest absolute Gasteiger partial charge is 0.444 e. The summed E-state index contributed by atoms with van der Waals surface area (Å²) in [7, 11) is 0. The predicted octanol–water partition coefficient (Wildman–Crippen LogP) is 1.88. The van der Waals surface area contributed by atoms with Gasteiger partial charge in [-0.15, -0.1) is 10.2 Å². The highest BCUT2D eigenvalue weighted by atomic mass is 16.6. The van der Waals surface area contributed by atoms with Gasteiger partial charge in [0.2, 0.25) is 5.91 Å². The van der Waals surface area contributed by atoms with Crippen LogP contribution in [0.4, 0.5) is 4.79 Å². The van der Waals surface area contributed by atoms with Gasteiger partial charge < -0.3 is 19.5 Å². The maximum Gasteiger partial charge on any atom is 0.410 e. The lowest BCUT2D eigenvalue weighted by Gasteiger charge is -2.24. The molecule has 0 bridgehead atoms. The van der Waals surface area contributed by atoms with Crippen molar-refractivity contribution < 1.29 is 14.3 Å². The van der Waals surface area contributed by atoms with Gasteiger partial charge in [-0.05, 0) is 40.0 Å². The topological polar surface area (TPSA) is 89.3 Å². The lowest BCUT2D eigenvalue weighted by molar-refractivity contribution is -0.124. The van der Waals surface area contributed by atoms with Crippen LogP contribution in [0.5, 0.6) is 0 Å². The minimum absolute atomic E-state index is 0.0398. The van der Waals surface area contributed by atoms with Crippen LogP contribution in [0.2, 0.25) is 0 Å². The first-order valence-electron chi connectivity index (χ1n) is 9.50. The van der Waals surface area contributed by atoms with Gasteiger partial charge in [0, 0.05) is 26.1 Å². The normalized spacial score (nSPS) is 20.4. The molecule has 0 spiro atoms. The molecule has 3 heterocycles. The van der Waals surface area contributed by atoms with E-state index in [4.69, 9.17) is 4.74 Å². The second kappa shape index (κ2) is 7.63. The first-order valence-corrected chi connectivity index (χ1v) is 9.50. The van der Waals surface area contributed by atoms with Crippen LogP contribution < -0.4 is 5.32 Å². The molecule has 0 saturated carbocycles. The third-order valence-corrected chi connectivity index (χ3v) is 4.82. The molecule has 1 aromatic heterocycles. The predicted molar refractivity (Wildman–Crippen MR) is 95.3 cm³/mol. The van der Waals surface area contributed by atoms with Crippen molar-refractivity contribution >= 4 is 12.0 Å². The van der Waals surface area contributed by atoms with Gasteiger partial charge in [-0.1, -0.05) is 6.42 Å². The zero-order chi connectivity index (χ0) is 18.7. The summed E-state index contributed by atoms with van der Waals surface area (Å²) in [5.41, 5.74) is -0.525. The number of nitrogens with zero attached hydrogens (tertiary/aromatic N) is 4. The lowest BCUT2D eigenvalue weighted by atomic mass is 10.1. The highest BCUT2D eigenvalue weighted by Crippen LogP contribution is 2.20. The summed E-state index contributed by atoms with van der Waals surface area (Å²) in [5, 5.41) is 11.5. The number of carbonyl (C=O) groups is 2. The van der Waals surface area contributed by atoms with Crippen LogP contribution in [0, 0.1) is 5.92 Å². The van der Waals surface area contributed by atoms with E-state index < -0.39 is 5.60 Å². The van der Waals surface area contributed by atoms with Gasteiger partial charge in [0.15, 0.2) is 5.82 Å². The molecule has 2 amide bonds. The lowest BCUT2D eigenvalue weighted by Crippen LogP contribution is -2.37. The molecule has 0 aromatic carbocycles. The van der Waals surface area contributed by atoms with E-state index in [1.54, 1.807) is 4.90 Å². The number of carbonyl (C=O) groups excluding carboxylic acids is 2. The van der Waals surface area contributed by atoms with E-state index >= 15 is 0 Å². The fourth-order valence-electron chi connectivity index (χ4n) is 3.45. The summed E-state index contributed by atoms with van der Waals surface area (Å²) in [6, 6.07) is 0. The smallest absolute Gasteiger partial charge is 0.410 e. The monoisotopic (exact) mass is 363 g/mol. The highest BCUT2D eigenvalue weighted by Gasteiger charge is 2.33. The fraction of sp³-hybridized carbons (Fsp3) is 0.778. The molecule has 1 atom stereocenters. The van der Waals surface area contributed by atoms with Crippen LogP contribution in [0.3, 0.4) is 0 Å². The van der Waals surface area contributed by atoms with E-state index in [2.05, 4.69) is 20.1 Å². The summed E-state index contributed by atoms with van der Waals surface area (Å²) in [6.07, 6.45) is 4.73. The standard InChI is InChI=1S/C18H29N5O3/c1-18(2,3)26-17(25)22-10-8-13(12-22)16(24)19-11-15-21-20-14-7-5-4-6-9-23(14)15/h13H,4-12H2,1-3H3,(H,19,24)/t13-/m1/s1. The molecule has 26 heavy (non-hydrogen) atoms. The average molecular weight is 363 g/mol. The number of ether oxygens (including phenoxy) is 1. The van der Waals surface area contributed by atoms with E-state index in [1.165, 1.54) is 6.42 Å². The zero-order valence-electron chi connectivity index (χ0n) is 16.0. The molecule has 1 aromatic rings. The maximum absolute atomic E-state index is 12.5. The van der Waals surface area contributed by atoms with Crippen molar-refractivity contribution in [1.82, 2.24) is 25.0 Å². The fourth-order valence-corrected chi connectivity index (χ4v) is 3.45. The van der Waals surface area contributed by atoms with Crippen molar-refractivity contribution in [2.24, 2.45) is 5.92 Å².